The molecule has 2 aromatic rings. The van der Waals surface area contributed by atoms with Crippen molar-refractivity contribution in [2.75, 3.05) is 13.2 Å². The molecule has 0 saturated carbocycles. The Morgan fingerprint density at radius 1 is 1.32 bits per heavy atom. The van der Waals surface area contributed by atoms with Crippen LogP contribution in [0, 0.1) is 6.92 Å². The van der Waals surface area contributed by atoms with Gasteiger partial charge < -0.3 is 9.67 Å². The second-order valence-electron chi connectivity index (χ2n) is 4.66. The van der Waals surface area contributed by atoms with Gasteiger partial charge >= 0.3 is 0 Å². The highest BCUT2D eigenvalue weighted by molar-refractivity contribution is 5.10. The molecule has 0 aromatic carbocycles. The summed E-state index contributed by atoms with van der Waals surface area (Å²) in [6.45, 7) is 4.16. The monoisotopic (exact) mass is 260 g/mol. The zero-order chi connectivity index (χ0) is 13.7. The summed E-state index contributed by atoms with van der Waals surface area (Å²) in [5.41, 5.74) is 2.03. The third kappa shape index (κ3) is 3.87. The van der Waals surface area contributed by atoms with E-state index in [9.17, 15) is 5.11 Å². The van der Waals surface area contributed by atoms with Gasteiger partial charge in [0.2, 0.25) is 0 Å². The maximum absolute atomic E-state index is 9.18. The summed E-state index contributed by atoms with van der Waals surface area (Å²) in [6.07, 6.45) is 3.72. The van der Waals surface area contributed by atoms with E-state index < -0.39 is 0 Å². The van der Waals surface area contributed by atoms with Crippen LogP contribution in [0.15, 0.2) is 30.6 Å². The van der Waals surface area contributed by atoms with Crippen LogP contribution in [0.25, 0.3) is 0 Å². The van der Waals surface area contributed by atoms with Crippen molar-refractivity contribution in [2.24, 2.45) is 7.05 Å². The Balaban J connectivity index is 2.06. The highest BCUT2D eigenvalue weighted by Crippen LogP contribution is 2.07. The minimum absolute atomic E-state index is 0.135. The van der Waals surface area contributed by atoms with Gasteiger partial charge in [-0.25, -0.2) is 4.98 Å². The predicted molar refractivity (Wildman–Crippen MR) is 73.4 cm³/mol. The molecule has 102 valence electrons. The number of aromatic nitrogens is 3. The number of hydrogen-bond acceptors (Lipinski definition) is 4. The number of nitrogens with zero attached hydrogens (tertiary/aromatic N) is 4. The molecule has 5 heteroatoms. The van der Waals surface area contributed by atoms with Crippen molar-refractivity contribution in [1.29, 1.82) is 0 Å². The second kappa shape index (κ2) is 6.45. The molecule has 0 aliphatic rings. The lowest BCUT2D eigenvalue weighted by Crippen LogP contribution is -2.27. The lowest BCUT2D eigenvalue weighted by molar-refractivity contribution is 0.178. The minimum atomic E-state index is 0.135. The van der Waals surface area contributed by atoms with Crippen LogP contribution in [0.5, 0.6) is 0 Å². The van der Waals surface area contributed by atoms with Crippen molar-refractivity contribution in [3.8, 4) is 0 Å². The van der Waals surface area contributed by atoms with Gasteiger partial charge in [0, 0.05) is 38.2 Å². The van der Waals surface area contributed by atoms with Gasteiger partial charge in [0.25, 0.3) is 0 Å². The van der Waals surface area contributed by atoms with Gasteiger partial charge in [-0.15, -0.1) is 0 Å². The standard InChI is InChI=1S/C14H20N4O/c1-12-4-3-5-13(16-12)10-18(8-9-19)11-14-15-6-7-17(14)2/h3-7,19H,8-11H2,1-2H3. The predicted octanol–water partition coefficient (Wildman–Crippen LogP) is 1.12. The first kappa shape index (κ1) is 13.7. The molecule has 0 spiro atoms. The molecule has 0 unspecified atom stereocenters. The normalized spacial score (nSPS) is 11.2. The van der Waals surface area contributed by atoms with E-state index in [0.717, 1.165) is 23.8 Å². The third-order valence-corrected chi connectivity index (χ3v) is 3.03. The second-order valence-corrected chi connectivity index (χ2v) is 4.66. The number of rotatable bonds is 6. The minimum Gasteiger partial charge on any atom is -0.395 e. The Morgan fingerprint density at radius 3 is 2.79 bits per heavy atom. The Morgan fingerprint density at radius 2 is 2.16 bits per heavy atom. The molecular formula is C14H20N4O. The van der Waals surface area contributed by atoms with E-state index in [4.69, 9.17) is 0 Å². The molecule has 0 atom stereocenters. The quantitative estimate of drug-likeness (QED) is 0.845. The molecule has 19 heavy (non-hydrogen) atoms. The summed E-state index contributed by atoms with van der Waals surface area (Å²) in [5, 5.41) is 9.18. The Kier molecular flexibility index (Phi) is 4.65. The molecule has 2 heterocycles. The fourth-order valence-electron chi connectivity index (χ4n) is 2.02. The Hall–Kier alpha value is -1.72. The molecule has 5 nitrogen and oxygen atoms in total. The molecule has 0 aliphatic carbocycles. The van der Waals surface area contributed by atoms with Crippen LogP contribution in [-0.2, 0) is 20.1 Å². The number of pyridine rings is 1. The molecule has 0 bridgehead atoms. The zero-order valence-corrected chi connectivity index (χ0v) is 11.5. The van der Waals surface area contributed by atoms with Crippen molar-refractivity contribution < 1.29 is 5.11 Å². The van der Waals surface area contributed by atoms with Gasteiger partial charge in [-0.3, -0.25) is 9.88 Å². The van der Waals surface area contributed by atoms with E-state index in [1.54, 1.807) is 6.20 Å². The van der Waals surface area contributed by atoms with E-state index in [-0.39, 0.29) is 6.61 Å². The summed E-state index contributed by atoms with van der Waals surface area (Å²) in [6, 6.07) is 6.00. The average molecular weight is 260 g/mol. The molecule has 2 rings (SSSR count). The fraction of sp³-hybridized carbons (Fsp3) is 0.429. The van der Waals surface area contributed by atoms with Crippen molar-refractivity contribution in [3.05, 3.63) is 47.8 Å². The van der Waals surface area contributed by atoms with Crippen LogP contribution in [0.4, 0.5) is 0 Å². The molecule has 0 radical (unpaired) electrons. The van der Waals surface area contributed by atoms with Gasteiger partial charge in [0.15, 0.2) is 0 Å². The van der Waals surface area contributed by atoms with Gasteiger partial charge in [0.1, 0.15) is 5.82 Å². The molecule has 0 saturated heterocycles. The largest absolute Gasteiger partial charge is 0.395 e. The number of aliphatic hydroxyl groups is 1. The van der Waals surface area contributed by atoms with Gasteiger partial charge in [-0.2, -0.15) is 0 Å². The maximum atomic E-state index is 9.18. The number of aliphatic hydroxyl groups excluding tert-OH is 1. The summed E-state index contributed by atoms with van der Waals surface area (Å²) >= 11 is 0. The van der Waals surface area contributed by atoms with E-state index in [1.807, 2.05) is 42.9 Å². The smallest absolute Gasteiger partial charge is 0.122 e. The number of imidazole rings is 1. The summed E-state index contributed by atoms with van der Waals surface area (Å²) < 4.78 is 1.99. The van der Waals surface area contributed by atoms with Crippen LogP contribution in [0.1, 0.15) is 17.2 Å². The Bertz CT molecular complexity index is 524. The lowest BCUT2D eigenvalue weighted by atomic mass is 10.3. The van der Waals surface area contributed by atoms with Gasteiger partial charge in [-0.05, 0) is 19.1 Å². The molecule has 1 N–H and O–H groups in total. The van der Waals surface area contributed by atoms with Crippen LogP contribution >= 0.6 is 0 Å². The van der Waals surface area contributed by atoms with Crippen molar-refractivity contribution in [1.82, 2.24) is 19.4 Å². The van der Waals surface area contributed by atoms with Crippen molar-refractivity contribution in [2.45, 2.75) is 20.0 Å². The molecular weight excluding hydrogens is 240 g/mol. The van der Waals surface area contributed by atoms with Crippen LogP contribution in [0.3, 0.4) is 0 Å². The molecule has 0 amide bonds. The lowest BCUT2D eigenvalue weighted by Gasteiger charge is -2.20. The SMILES string of the molecule is Cc1cccc(CN(CCO)Cc2nccn2C)n1. The first-order valence-corrected chi connectivity index (χ1v) is 6.41. The van der Waals surface area contributed by atoms with E-state index in [1.165, 1.54) is 0 Å². The maximum Gasteiger partial charge on any atom is 0.122 e. The number of hydrogen-bond donors (Lipinski definition) is 1. The fourth-order valence-corrected chi connectivity index (χ4v) is 2.02. The van der Waals surface area contributed by atoms with E-state index >= 15 is 0 Å². The van der Waals surface area contributed by atoms with Crippen LogP contribution in [-0.4, -0.2) is 37.7 Å². The molecule has 2 aromatic heterocycles. The summed E-state index contributed by atoms with van der Waals surface area (Å²) in [7, 11) is 1.98. The summed E-state index contributed by atoms with van der Waals surface area (Å²) in [5.74, 6) is 0.987. The van der Waals surface area contributed by atoms with Crippen LogP contribution < -0.4 is 0 Å². The zero-order valence-electron chi connectivity index (χ0n) is 11.5. The molecule has 0 aliphatic heterocycles. The summed E-state index contributed by atoms with van der Waals surface area (Å²) in [4.78, 5) is 11.0. The first-order chi connectivity index (χ1) is 9.19. The van der Waals surface area contributed by atoms with E-state index in [0.29, 0.717) is 13.1 Å². The number of aryl methyl sites for hydroxylation is 2. The first-order valence-electron chi connectivity index (χ1n) is 6.41. The van der Waals surface area contributed by atoms with Gasteiger partial charge in [0.05, 0.1) is 18.8 Å². The van der Waals surface area contributed by atoms with Crippen molar-refractivity contribution in [3.63, 3.8) is 0 Å². The van der Waals surface area contributed by atoms with Crippen LogP contribution in [0.2, 0.25) is 0 Å². The highest BCUT2D eigenvalue weighted by atomic mass is 16.3. The Labute approximate surface area is 113 Å². The third-order valence-electron chi connectivity index (χ3n) is 3.03. The molecule has 0 fully saturated rings. The highest BCUT2D eigenvalue weighted by Gasteiger charge is 2.10. The van der Waals surface area contributed by atoms with E-state index in [2.05, 4.69) is 14.9 Å². The van der Waals surface area contributed by atoms with Crippen molar-refractivity contribution >= 4 is 0 Å². The average Bonchev–Trinajstić information content (AvgIpc) is 2.75. The van der Waals surface area contributed by atoms with Gasteiger partial charge in [-0.1, -0.05) is 6.07 Å². The topological polar surface area (TPSA) is 54.2 Å².